The lowest BCUT2D eigenvalue weighted by atomic mass is 10.1. The zero-order chi connectivity index (χ0) is 13.6. The molecule has 1 aromatic heterocycles. The fraction of sp³-hybridized carbons (Fsp3) is 0.417. The van der Waals surface area contributed by atoms with Gasteiger partial charge in [-0.05, 0) is 39.1 Å². The molecule has 2 rings (SSSR count). The van der Waals surface area contributed by atoms with Crippen LogP contribution in [0.1, 0.15) is 19.7 Å². The number of nitrogens with zero attached hydrogens (tertiary/aromatic N) is 1. The highest BCUT2D eigenvalue weighted by Gasteiger charge is 2.24. The molecule has 0 fully saturated rings. The van der Waals surface area contributed by atoms with Crippen LogP contribution in [0.15, 0.2) is 27.5 Å². The van der Waals surface area contributed by atoms with E-state index in [1.807, 2.05) is 20.9 Å². The van der Waals surface area contributed by atoms with Crippen LogP contribution in [0, 0.1) is 0 Å². The molecule has 0 unspecified atom stereocenters. The van der Waals surface area contributed by atoms with E-state index in [4.69, 9.17) is 4.42 Å². The van der Waals surface area contributed by atoms with Crippen molar-refractivity contribution in [1.29, 1.82) is 0 Å². The van der Waals surface area contributed by atoms with Crippen molar-refractivity contribution in [3.63, 3.8) is 0 Å². The van der Waals surface area contributed by atoms with Crippen molar-refractivity contribution in [3.8, 4) is 0 Å². The Hall–Kier alpha value is -1.40. The average molecular weight is 268 g/mol. The number of hydrogen-bond acceptors (Lipinski definition) is 5. The SMILES string of the molecule is CNC(C)(C)c1nc2cc(S(C)(=O)=O)ccc2o1. The van der Waals surface area contributed by atoms with E-state index >= 15 is 0 Å². The van der Waals surface area contributed by atoms with Crippen molar-refractivity contribution in [2.75, 3.05) is 13.3 Å². The summed E-state index contributed by atoms with van der Waals surface area (Å²) >= 11 is 0. The van der Waals surface area contributed by atoms with E-state index in [2.05, 4.69) is 10.3 Å². The largest absolute Gasteiger partial charge is 0.439 e. The molecule has 0 saturated carbocycles. The van der Waals surface area contributed by atoms with Gasteiger partial charge in [0.2, 0.25) is 5.89 Å². The fourth-order valence-electron chi connectivity index (χ4n) is 1.51. The van der Waals surface area contributed by atoms with Gasteiger partial charge >= 0.3 is 0 Å². The first-order valence-corrected chi connectivity index (χ1v) is 7.43. The van der Waals surface area contributed by atoms with E-state index in [0.717, 1.165) is 0 Å². The highest BCUT2D eigenvalue weighted by Crippen LogP contribution is 2.25. The van der Waals surface area contributed by atoms with Crippen LogP contribution >= 0.6 is 0 Å². The Morgan fingerprint density at radius 3 is 2.56 bits per heavy atom. The minimum Gasteiger partial charge on any atom is -0.439 e. The molecular formula is C12H16N2O3S. The van der Waals surface area contributed by atoms with E-state index in [1.54, 1.807) is 6.07 Å². The van der Waals surface area contributed by atoms with E-state index in [1.165, 1.54) is 18.4 Å². The second-order valence-electron chi connectivity index (χ2n) is 4.80. The first-order valence-electron chi connectivity index (χ1n) is 5.54. The van der Waals surface area contributed by atoms with E-state index in [9.17, 15) is 8.42 Å². The molecule has 1 N–H and O–H groups in total. The molecule has 1 aromatic carbocycles. The van der Waals surface area contributed by atoms with Gasteiger partial charge < -0.3 is 9.73 Å². The van der Waals surface area contributed by atoms with Crippen LogP contribution in [0.4, 0.5) is 0 Å². The van der Waals surface area contributed by atoms with Gasteiger partial charge in [-0.1, -0.05) is 0 Å². The normalized spacial score (nSPS) is 13.1. The molecule has 0 aliphatic rings. The molecule has 0 aliphatic heterocycles. The van der Waals surface area contributed by atoms with Gasteiger partial charge in [-0.2, -0.15) is 0 Å². The molecular weight excluding hydrogens is 252 g/mol. The second-order valence-corrected chi connectivity index (χ2v) is 6.81. The topological polar surface area (TPSA) is 72.2 Å². The summed E-state index contributed by atoms with van der Waals surface area (Å²) in [7, 11) is -1.41. The van der Waals surface area contributed by atoms with Crippen molar-refractivity contribution in [2.45, 2.75) is 24.3 Å². The van der Waals surface area contributed by atoms with Crippen LogP contribution in [0.2, 0.25) is 0 Å². The minimum absolute atomic E-state index is 0.247. The molecule has 2 aromatic rings. The van der Waals surface area contributed by atoms with E-state index in [0.29, 0.717) is 17.0 Å². The lowest BCUT2D eigenvalue weighted by Crippen LogP contribution is -2.33. The summed E-state index contributed by atoms with van der Waals surface area (Å²) in [6.07, 6.45) is 1.17. The maximum absolute atomic E-state index is 11.5. The average Bonchev–Trinajstić information content (AvgIpc) is 2.71. The number of nitrogens with one attached hydrogen (secondary N) is 1. The predicted octanol–water partition coefficient (Wildman–Crippen LogP) is 1.69. The number of rotatable bonds is 3. The summed E-state index contributed by atoms with van der Waals surface area (Å²) in [6.45, 7) is 3.88. The lowest BCUT2D eigenvalue weighted by molar-refractivity contribution is 0.338. The first-order chi connectivity index (χ1) is 8.24. The Balaban J connectivity index is 2.60. The zero-order valence-corrected chi connectivity index (χ0v) is 11.6. The van der Waals surface area contributed by atoms with Gasteiger partial charge in [-0.15, -0.1) is 0 Å². The molecule has 5 nitrogen and oxygen atoms in total. The van der Waals surface area contributed by atoms with Crippen LogP contribution in [0.3, 0.4) is 0 Å². The monoisotopic (exact) mass is 268 g/mol. The Labute approximate surface area is 106 Å². The van der Waals surface area contributed by atoms with Crippen LogP contribution in [0.5, 0.6) is 0 Å². The maximum Gasteiger partial charge on any atom is 0.215 e. The summed E-state index contributed by atoms with van der Waals surface area (Å²) in [6, 6.07) is 4.69. The quantitative estimate of drug-likeness (QED) is 0.917. The van der Waals surface area contributed by atoms with Crippen molar-refractivity contribution >= 4 is 20.9 Å². The summed E-state index contributed by atoms with van der Waals surface area (Å²) < 4.78 is 28.6. The Kier molecular flexibility index (Phi) is 2.95. The number of oxazole rings is 1. The predicted molar refractivity (Wildman–Crippen MR) is 69.2 cm³/mol. The Morgan fingerprint density at radius 2 is 2.00 bits per heavy atom. The van der Waals surface area contributed by atoms with E-state index in [-0.39, 0.29) is 4.90 Å². The maximum atomic E-state index is 11.5. The van der Waals surface area contributed by atoms with Crippen LogP contribution in [0.25, 0.3) is 11.1 Å². The number of benzene rings is 1. The van der Waals surface area contributed by atoms with Crippen molar-refractivity contribution in [2.24, 2.45) is 0 Å². The molecule has 0 saturated heterocycles. The number of sulfone groups is 1. The third-order valence-electron chi connectivity index (χ3n) is 2.95. The highest BCUT2D eigenvalue weighted by atomic mass is 32.2. The standard InChI is InChI=1S/C12H16N2O3S/c1-12(2,13-3)11-14-9-7-8(18(4,15)16)5-6-10(9)17-11/h5-7,13H,1-4H3. The number of fused-ring (bicyclic) bond motifs is 1. The van der Waals surface area contributed by atoms with Gasteiger partial charge in [0.15, 0.2) is 15.4 Å². The van der Waals surface area contributed by atoms with Crippen molar-refractivity contribution in [3.05, 3.63) is 24.1 Å². The zero-order valence-electron chi connectivity index (χ0n) is 10.8. The molecule has 0 radical (unpaired) electrons. The van der Waals surface area contributed by atoms with Crippen molar-refractivity contribution < 1.29 is 12.8 Å². The third kappa shape index (κ3) is 2.26. The van der Waals surface area contributed by atoms with Gasteiger partial charge in [0, 0.05) is 6.26 Å². The van der Waals surface area contributed by atoms with Gasteiger partial charge in [0.25, 0.3) is 0 Å². The smallest absolute Gasteiger partial charge is 0.215 e. The molecule has 0 aliphatic carbocycles. The molecule has 0 atom stereocenters. The molecule has 0 spiro atoms. The Bertz CT molecular complexity index is 686. The summed E-state index contributed by atoms with van der Waals surface area (Å²) in [5.41, 5.74) is 0.738. The van der Waals surface area contributed by atoms with Crippen LogP contribution < -0.4 is 5.32 Å². The van der Waals surface area contributed by atoms with Crippen LogP contribution in [-0.4, -0.2) is 26.7 Å². The van der Waals surface area contributed by atoms with E-state index < -0.39 is 15.4 Å². The van der Waals surface area contributed by atoms with Crippen molar-refractivity contribution in [1.82, 2.24) is 10.3 Å². The van der Waals surface area contributed by atoms with Gasteiger partial charge in [0.1, 0.15) is 5.52 Å². The lowest BCUT2D eigenvalue weighted by Gasteiger charge is -2.18. The summed E-state index contributed by atoms with van der Waals surface area (Å²) in [5, 5.41) is 3.09. The molecule has 1 heterocycles. The molecule has 98 valence electrons. The molecule has 18 heavy (non-hydrogen) atoms. The summed E-state index contributed by atoms with van der Waals surface area (Å²) in [5.74, 6) is 0.533. The fourth-order valence-corrected chi connectivity index (χ4v) is 2.15. The van der Waals surface area contributed by atoms with Gasteiger partial charge in [-0.25, -0.2) is 13.4 Å². The van der Waals surface area contributed by atoms with Gasteiger partial charge in [-0.3, -0.25) is 0 Å². The molecule has 0 bridgehead atoms. The number of aromatic nitrogens is 1. The summed E-state index contributed by atoms with van der Waals surface area (Å²) in [4.78, 5) is 4.58. The minimum atomic E-state index is -3.22. The number of hydrogen-bond donors (Lipinski definition) is 1. The first kappa shape index (κ1) is 13.0. The van der Waals surface area contributed by atoms with Gasteiger partial charge in [0.05, 0.1) is 10.4 Å². The highest BCUT2D eigenvalue weighted by molar-refractivity contribution is 7.90. The van der Waals surface area contributed by atoms with Crippen LogP contribution in [-0.2, 0) is 15.4 Å². The second kappa shape index (κ2) is 4.07. The Morgan fingerprint density at radius 1 is 1.33 bits per heavy atom. The molecule has 0 amide bonds. The molecule has 6 heteroatoms. The third-order valence-corrected chi connectivity index (χ3v) is 4.06.